The van der Waals surface area contributed by atoms with E-state index in [2.05, 4.69) is 9.71 Å². The van der Waals surface area contributed by atoms with Crippen LogP contribution in [0.15, 0.2) is 52.3 Å². The normalized spacial score (nSPS) is 15.5. The van der Waals surface area contributed by atoms with Gasteiger partial charge in [0.15, 0.2) is 0 Å². The molecule has 1 aromatic heterocycles. The van der Waals surface area contributed by atoms with Gasteiger partial charge in [0, 0.05) is 6.20 Å². The van der Waals surface area contributed by atoms with Crippen molar-refractivity contribution in [1.82, 2.24) is 4.98 Å². The van der Waals surface area contributed by atoms with E-state index in [1.807, 2.05) is 0 Å². The molecule has 0 amide bonds. The minimum absolute atomic E-state index is 0.0150. The fourth-order valence-electron chi connectivity index (χ4n) is 2.60. The first-order chi connectivity index (χ1) is 11.0. The quantitative estimate of drug-likeness (QED) is 0.879. The fourth-order valence-corrected chi connectivity index (χ4v) is 3.66. The topological polar surface area (TPSA) is 88.3 Å². The molecule has 1 heterocycles. The van der Waals surface area contributed by atoms with Gasteiger partial charge in [-0.1, -0.05) is 0 Å². The van der Waals surface area contributed by atoms with E-state index in [-0.39, 0.29) is 16.7 Å². The van der Waals surface area contributed by atoms with Crippen LogP contribution in [0.4, 0.5) is 5.69 Å². The Morgan fingerprint density at radius 2 is 1.78 bits per heavy atom. The molecular weight excluding hydrogens is 316 g/mol. The highest BCUT2D eigenvalue weighted by atomic mass is 32.2. The van der Waals surface area contributed by atoms with Crippen LogP contribution in [0.1, 0.15) is 25.7 Å². The third-order valence-corrected chi connectivity index (χ3v) is 5.18. The maximum Gasteiger partial charge on any atom is 0.272 e. The highest BCUT2D eigenvalue weighted by Gasteiger charge is 2.18. The number of H-pyrrole nitrogens is 1. The van der Waals surface area contributed by atoms with Gasteiger partial charge in [-0.25, -0.2) is 8.42 Å². The van der Waals surface area contributed by atoms with Crippen molar-refractivity contribution in [2.45, 2.75) is 36.7 Å². The molecule has 122 valence electrons. The number of hydrogen-bond acceptors (Lipinski definition) is 4. The molecule has 2 N–H and O–H groups in total. The van der Waals surface area contributed by atoms with E-state index in [0.717, 1.165) is 12.8 Å². The van der Waals surface area contributed by atoms with Crippen LogP contribution in [0.5, 0.6) is 5.75 Å². The summed E-state index contributed by atoms with van der Waals surface area (Å²) in [6, 6.07) is 9.20. The van der Waals surface area contributed by atoms with Crippen molar-refractivity contribution in [3.63, 3.8) is 0 Å². The number of pyridine rings is 1. The number of ether oxygens (including phenoxy) is 1. The van der Waals surface area contributed by atoms with E-state index in [9.17, 15) is 13.2 Å². The molecule has 23 heavy (non-hydrogen) atoms. The SMILES string of the molecule is O=c1[nH]cccc1NS(=O)(=O)c1ccc(OC2CCCC2)cc1. The molecule has 0 saturated heterocycles. The van der Waals surface area contributed by atoms with Gasteiger partial charge in [-0.3, -0.25) is 9.52 Å². The van der Waals surface area contributed by atoms with E-state index in [4.69, 9.17) is 4.74 Å². The molecule has 1 aliphatic carbocycles. The Hall–Kier alpha value is -2.28. The molecule has 2 aromatic rings. The van der Waals surface area contributed by atoms with Crippen molar-refractivity contribution in [3.8, 4) is 5.75 Å². The molecule has 7 heteroatoms. The Bertz CT molecular complexity index is 822. The average Bonchev–Trinajstić information content (AvgIpc) is 3.03. The smallest absolute Gasteiger partial charge is 0.272 e. The molecule has 1 aromatic carbocycles. The summed E-state index contributed by atoms with van der Waals surface area (Å²) in [5.41, 5.74) is -0.504. The van der Waals surface area contributed by atoms with Crippen LogP contribution in [0.2, 0.25) is 0 Å². The third-order valence-electron chi connectivity index (χ3n) is 3.80. The summed E-state index contributed by atoms with van der Waals surface area (Å²) in [7, 11) is -3.81. The standard InChI is InChI=1S/C16H18N2O4S/c19-16-15(6-3-11-17-16)18-23(20,21)14-9-7-13(8-10-14)22-12-4-1-2-5-12/h3,6-12,18H,1-2,4-5H2,(H,17,19). The van der Waals surface area contributed by atoms with Gasteiger partial charge in [0.2, 0.25) is 0 Å². The summed E-state index contributed by atoms with van der Waals surface area (Å²) in [6.07, 6.45) is 6.09. The number of nitrogens with one attached hydrogen (secondary N) is 2. The lowest BCUT2D eigenvalue weighted by Gasteiger charge is -2.13. The number of anilines is 1. The minimum Gasteiger partial charge on any atom is -0.490 e. The van der Waals surface area contributed by atoms with Crippen LogP contribution in [-0.2, 0) is 10.0 Å². The largest absolute Gasteiger partial charge is 0.490 e. The van der Waals surface area contributed by atoms with E-state index >= 15 is 0 Å². The second-order valence-corrected chi connectivity index (χ2v) is 7.20. The van der Waals surface area contributed by atoms with E-state index in [0.29, 0.717) is 5.75 Å². The molecule has 1 saturated carbocycles. The van der Waals surface area contributed by atoms with E-state index in [1.165, 1.54) is 37.2 Å². The summed E-state index contributed by atoms with van der Waals surface area (Å²) in [4.78, 5) is 14.1. The van der Waals surface area contributed by atoms with Gasteiger partial charge in [-0.2, -0.15) is 0 Å². The molecular formula is C16H18N2O4S. The zero-order valence-electron chi connectivity index (χ0n) is 12.5. The zero-order chi connectivity index (χ0) is 16.3. The lowest BCUT2D eigenvalue weighted by Crippen LogP contribution is -2.19. The molecule has 6 nitrogen and oxygen atoms in total. The first kappa shape index (κ1) is 15.6. The van der Waals surface area contributed by atoms with Crippen molar-refractivity contribution < 1.29 is 13.2 Å². The van der Waals surface area contributed by atoms with Gasteiger partial charge in [-0.05, 0) is 62.1 Å². The lowest BCUT2D eigenvalue weighted by atomic mass is 10.3. The molecule has 3 rings (SSSR count). The van der Waals surface area contributed by atoms with Crippen molar-refractivity contribution >= 4 is 15.7 Å². The Balaban J connectivity index is 1.75. The minimum atomic E-state index is -3.81. The van der Waals surface area contributed by atoms with Gasteiger partial charge >= 0.3 is 0 Å². The molecule has 0 aliphatic heterocycles. The van der Waals surface area contributed by atoms with E-state index in [1.54, 1.807) is 18.2 Å². The van der Waals surface area contributed by atoms with Gasteiger partial charge in [0.25, 0.3) is 15.6 Å². The van der Waals surface area contributed by atoms with Gasteiger partial charge in [-0.15, -0.1) is 0 Å². The number of rotatable bonds is 5. The zero-order valence-corrected chi connectivity index (χ0v) is 13.3. The van der Waals surface area contributed by atoms with Crippen molar-refractivity contribution in [3.05, 3.63) is 52.9 Å². The van der Waals surface area contributed by atoms with Gasteiger partial charge in [0.05, 0.1) is 11.0 Å². The number of sulfonamides is 1. The maximum absolute atomic E-state index is 12.3. The second kappa shape index (κ2) is 6.45. The predicted octanol–water partition coefficient (Wildman–Crippen LogP) is 2.50. The first-order valence-corrected chi connectivity index (χ1v) is 9.00. The summed E-state index contributed by atoms with van der Waals surface area (Å²) < 4.78 is 32.7. The summed E-state index contributed by atoms with van der Waals surface area (Å²) >= 11 is 0. The highest BCUT2D eigenvalue weighted by molar-refractivity contribution is 7.92. The molecule has 0 unspecified atom stereocenters. The van der Waals surface area contributed by atoms with Crippen LogP contribution in [0.3, 0.4) is 0 Å². The molecule has 1 aliphatic rings. The second-order valence-electron chi connectivity index (χ2n) is 5.51. The van der Waals surface area contributed by atoms with Gasteiger partial charge < -0.3 is 9.72 Å². The lowest BCUT2D eigenvalue weighted by molar-refractivity contribution is 0.210. The summed E-state index contributed by atoms with van der Waals surface area (Å²) in [6.45, 7) is 0. The molecule has 0 bridgehead atoms. The number of benzene rings is 1. The highest BCUT2D eigenvalue weighted by Crippen LogP contribution is 2.25. The van der Waals surface area contributed by atoms with Crippen LogP contribution < -0.4 is 15.0 Å². The number of aromatic amines is 1. The number of aromatic nitrogens is 1. The Morgan fingerprint density at radius 3 is 2.43 bits per heavy atom. The molecule has 0 atom stereocenters. The fraction of sp³-hybridized carbons (Fsp3) is 0.312. The van der Waals surface area contributed by atoms with E-state index < -0.39 is 15.6 Å². The molecule has 1 fully saturated rings. The Morgan fingerprint density at radius 1 is 1.09 bits per heavy atom. The summed E-state index contributed by atoms with van der Waals surface area (Å²) in [5.74, 6) is 0.661. The Kier molecular flexibility index (Phi) is 4.38. The van der Waals surface area contributed by atoms with Crippen LogP contribution in [0, 0.1) is 0 Å². The van der Waals surface area contributed by atoms with Crippen molar-refractivity contribution in [2.24, 2.45) is 0 Å². The van der Waals surface area contributed by atoms with Crippen LogP contribution in [0.25, 0.3) is 0 Å². The molecule has 0 spiro atoms. The maximum atomic E-state index is 12.3. The van der Waals surface area contributed by atoms with Crippen LogP contribution >= 0.6 is 0 Å². The molecule has 0 radical (unpaired) electrons. The van der Waals surface area contributed by atoms with Crippen molar-refractivity contribution in [2.75, 3.05) is 4.72 Å². The van der Waals surface area contributed by atoms with Crippen molar-refractivity contribution in [1.29, 1.82) is 0 Å². The summed E-state index contributed by atoms with van der Waals surface area (Å²) in [5, 5.41) is 0. The first-order valence-electron chi connectivity index (χ1n) is 7.52. The van der Waals surface area contributed by atoms with Gasteiger partial charge in [0.1, 0.15) is 11.4 Å². The number of hydrogen-bond donors (Lipinski definition) is 2. The monoisotopic (exact) mass is 334 g/mol. The predicted molar refractivity (Wildman–Crippen MR) is 87.2 cm³/mol. The van der Waals surface area contributed by atoms with Crippen LogP contribution in [-0.4, -0.2) is 19.5 Å². The third kappa shape index (κ3) is 3.73. The Labute approximate surface area is 134 Å². The average molecular weight is 334 g/mol.